The highest BCUT2D eigenvalue weighted by Gasteiger charge is 2.29. The minimum Gasteiger partial charge on any atom is -0.496 e. The van der Waals surface area contributed by atoms with Gasteiger partial charge in [0.25, 0.3) is 0 Å². The van der Waals surface area contributed by atoms with Gasteiger partial charge in [-0.05, 0) is 49.4 Å². The number of benzene rings is 2. The molecular weight excluding hydrogens is 304 g/mol. The summed E-state index contributed by atoms with van der Waals surface area (Å²) in [5.74, 6) is -0.210. The summed E-state index contributed by atoms with van der Waals surface area (Å²) < 4.78 is 11.1. The molecule has 4 nitrogen and oxygen atoms in total. The zero-order chi connectivity index (χ0) is 17.9. The van der Waals surface area contributed by atoms with Crippen molar-refractivity contribution >= 4 is 5.97 Å². The lowest BCUT2D eigenvalue weighted by Gasteiger charge is -2.24. The highest BCUT2D eigenvalue weighted by Crippen LogP contribution is 2.42. The molecule has 2 aromatic carbocycles. The van der Waals surface area contributed by atoms with Crippen molar-refractivity contribution in [3.8, 4) is 11.5 Å². The summed E-state index contributed by atoms with van der Waals surface area (Å²) >= 11 is 0. The third kappa shape index (κ3) is 3.23. The van der Waals surface area contributed by atoms with Gasteiger partial charge in [0, 0.05) is 5.56 Å². The number of ether oxygens (including phenoxy) is 2. The summed E-state index contributed by atoms with van der Waals surface area (Å²) in [6, 6.07) is 9.63. The van der Waals surface area contributed by atoms with E-state index in [0.29, 0.717) is 17.7 Å². The lowest BCUT2D eigenvalue weighted by atomic mass is 9.85. The maximum absolute atomic E-state index is 12.0. The van der Waals surface area contributed by atoms with E-state index in [9.17, 15) is 9.90 Å². The molecule has 1 N–H and O–H groups in total. The van der Waals surface area contributed by atoms with Crippen LogP contribution in [0.1, 0.15) is 33.7 Å². The van der Waals surface area contributed by atoms with Gasteiger partial charge in [0.2, 0.25) is 0 Å². The van der Waals surface area contributed by atoms with Crippen molar-refractivity contribution in [1.29, 1.82) is 0 Å². The second kappa shape index (κ2) is 7.39. The first-order valence-corrected chi connectivity index (χ1v) is 7.90. The van der Waals surface area contributed by atoms with E-state index in [2.05, 4.69) is 0 Å². The van der Waals surface area contributed by atoms with Gasteiger partial charge in [-0.1, -0.05) is 30.3 Å². The SMILES string of the molecule is COc1c(C)c(C)c(OC)c([C@@H](Cc2ccccc2)C(=O)O)c1C. The smallest absolute Gasteiger partial charge is 0.311 e. The van der Waals surface area contributed by atoms with E-state index in [4.69, 9.17) is 9.47 Å². The lowest BCUT2D eigenvalue weighted by molar-refractivity contribution is -0.138. The molecule has 0 saturated carbocycles. The molecule has 0 unspecified atom stereocenters. The summed E-state index contributed by atoms with van der Waals surface area (Å²) in [4.78, 5) is 12.0. The third-order valence-corrected chi connectivity index (χ3v) is 4.57. The first-order chi connectivity index (χ1) is 11.4. The molecule has 0 aliphatic carbocycles. The molecule has 0 fully saturated rings. The molecule has 0 radical (unpaired) electrons. The number of rotatable bonds is 6. The second-order valence-corrected chi connectivity index (χ2v) is 5.94. The van der Waals surface area contributed by atoms with Crippen LogP contribution in [0.25, 0.3) is 0 Å². The van der Waals surface area contributed by atoms with Crippen LogP contribution in [0.15, 0.2) is 30.3 Å². The molecule has 0 saturated heterocycles. The fraction of sp³-hybridized carbons (Fsp3) is 0.350. The van der Waals surface area contributed by atoms with Crippen molar-refractivity contribution in [3.63, 3.8) is 0 Å². The van der Waals surface area contributed by atoms with Gasteiger partial charge >= 0.3 is 5.97 Å². The van der Waals surface area contributed by atoms with Crippen molar-refractivity contribution in [2.75, 3.05) is 14.2 Å². The van der Waals surface area contributed by atoms with Crippen LogP contribution in [0.2, 0.25) is 0 Å². The van der Waals surface area contributed by atoms with Gasteiger partial charge in [0.05, 0.1) is 20.1 Å². The van der Waals surface area contributed by atoms with Crippen LogP contribution in [-0.4, -0.2) is 25.3 Å². The molecule has 0 spiro atoms. The van der Waals surface area contributed by atoms with Crippen LogP contribution < -0.4 is 9.47 Å². The van der Waals surface area contributed by atoms with E-state index >= 15 is 0 Å². The Morgan fingerprint density at radius 2 is 1.50 bits per heavy atom. The monoisotopic (exact) mass is 328 g/mol. The molecule has 4 heteroatoms. The molecule has 0 amide bonds. The molecule has 2 aromatic rings. The minimum atomic E-state index is -0.870. The number of carboxylic acid groups (broad SMARTS) is 1. The van der Waals surface area contributed by atoms with E-state index < -0.39 is 11.9 Å². The van der Waals surface area contributed by atoms with E-state index in [1.165, 1.54) is 0 Å². The van der Waals surface area contributed by atoms with Crippen molar-refractivity contribution in [2.45, 2.75) is 33.1 Å². The average molecular weight is 328 g/mol. The first kappa shape index (κ1) is 17.9. The molecule has 0 bridgehead atoms. The van der Waals surface area contributed by atoms with Gasteiger partial charge in [0.15, 0.2) is 0 Å². The van der Waals surface area contributed by atoms with Gasteiger partial charge in [-0.3, -0.25) is 4.79 Å². The topological polar surface area (TPSA) is 55.8 Å². The summed E-state index contributed by atoms with van der Waals surface area (Å²) in [5, 5.41) is 9.86. The summed E-state index contributed by atoms with van der Waals surface area (Å²) in [6.45, 7) is 5.78. The van der Waals surface area contributed by atoms with E-state index in [1.54, 1.807) is 14.2 Å². The van der Waals surface area contributed by atoms with Crippen LogP contribution in [0.3, 0.4) is 0 Å². The lowest BCUT2D eigenvalue weighted by Crippen LogP contribution is -2.18. The molecular formula is C20H24O4. The van der Waals surface area contributed by atoms with Crippen molar-refractivity contribution in [2.24, 2.45) is 0 Å². The number of carbonyl (C=O) groups is 1. The number of aliphatic carboxylic acids is 1. The van der Waals surface area contributed by atoms with Crippen LogP contribution in [0.5, 0.6) is 11.5 Å². The fourth-order valence-electron chi connectivity index (χ4n) is 3.27. The zero-order valence-corrected chi connectivity index (χ0v) is 14.8. The van der Waals surface area contributed by atoms with Gasteiger partial charge in [-0.25, -0.2) is 0 Å². The Bertz CT molecular complexity index is 735. The largest absolute Gasteiger partial charge is 0.496 e. The number of carboxylic acids is 1. The van der Waals surface area contributed by atoms with Crippen molar-refractivity contribution in [1.82, 2.24) is 0 Å². The fourth-order valence-corrected chi connectivity index (χ4v) is 3.27. The van der Waals surface area contributed by atoms with E-state index in [0.717, 1.165) is 28.0 Å². The van der Waals surface area contributed by atoms with Crippen LogP contribution >= 0.6 is 0 Å². The Morgan fingerprint density at radius 1 is 0.958 bits per heavy atom. The second-order valence-electron chi connectivity index (χ2n) is 5.94. The Morgan fingerprint density at radius 3 is 2.00 bits per heavy atom. The third-order valence-electron chi connectivity index (χ3n) is 4.57. The zero-order valence-electron chi connectivity index (χ0n) is 14.8. The number of hydrogen-bond acceptors (Lipinski definition) is 3. The van der Waals surface area contributed by atoms with Crippen LogP contribution in [0, 0.1) is 20.8 Å². The predicted molar refractivity (Wildman–Crippen MR) is 94.3 cm³/mol. The molecule has 0 aliphatic rings. The predicted octanol–water partition coefficient (Wildman–Crippen LogP) is 4.04. The summed E-state index contributed by atoms with van der Waals surface area (Å²) in [5.41, 5.74) is 4.37. The Hall–Kier alpha value is -2.49. The molecule has 0 heterocycles. The molecule has 2 rings (SSSR count). The highest BCUT2D eigenvalue weighted by atomic mass is 16.5. The molecule has 128 valence electrons. The van der Waals surface area contributed by atoms with E-state index in [-0.39, 0.29) is 0 Å². The summed E-state index contributed by atoms with van der Waals surface area (Å²) in [7, 11) is 3.19. The van der Waals surface area contributed by atoms with Crippen molar-refractivity contribution < 1.29 is 19.4 Å². The number of methoxy groups -OCH3 is 2. The highest BCUT2D eigenvalue weighted by molar-refractivity contribution is 5.80. The Balaban J connectivity index is 2.65. The minimum absolute atomic E-state index is 0.402. The maximum atomic E-state index is 12.0. The average Bonchev–Trinajstić information content (AvgIpc) is 2.57. The van der Waals surface area contributed by atoms with Crippen molar-refractivity contribution in [3.05, 3.63) is 58.1 Å². The first-order valence-electron chi connectivity index (χ1n) is 7.90. The van der Waals surface area contributed by atoms with Crippen LogP contribution in [-0.2, 0) is 11.2 Å². The van der Waals surface area contributed by atoms with E-state index in [1.807, 2.05) is 51.1 Å². The quantitative estimate of drug-likeness (QED) is 0.869. The van der Waals surface area contributed by atoms with Gasteiger partial charge in [-0.15, -0.1) is 0 Å². The standard InChI is InChI=1S/C20H24O4/c1-12-13(2)19(24-5)17(14(3)18(12)23-4)16(20(21)22)11-15-9-7-6-8-10-15/h6-10,16H,11H2,1-5H3,(H,21,22)/t16-/m1/s1. The van der Waals surface area contributed by atoms with Gasteiger partial charge in [0.1, 0.15) is 11.5 Å². The molecule has 24 heavy (non-hydrogen) atoms. The molecule has 0 aromatic heterocycles. The molecule has 0 aliphatic heterocycles. The summed E-state index contributed by atoms with van der Waals surface area (Å²) in [6.07, 6.45) is 0.402. The number of hydrogen-bond donors (Lipinski definition) is 1. The molecule has 1 atom stereocenters. The van der Waals surface area contributed by atoms with Gasteiger partial charge < -0.3 is 14.6 Å². The Kier molecular flexibility index (Phi) is 5.50. The maximum Gasteiger partial charge on any atom is 0.311 e. The van der Waals surface area contributed by atoms with Crippen LogP contribution in [0.4, 0.5) is 0 Å². The van der Waals surface area contributed by atoms with Gasteiger partial charge in [-0.2, -0.15) is 0 Å². The Labute approximate surface area is 143 Å². The normalized spacial score (nSPS) is 11.9.